The van der Waals surface area contributed by atoms with E-state index in [0.717, 1.165) is 16.7 Å². The average Bonchev–Trinajstić information content (AvgIpc) is 2.85. The summed E-state index contributed by atoms with van der Waals surface area (Å²) in [5.74, 6) is -0.392. The van der Waals surface area contributed by atoms with E-state index in [1.54, 1.807) is 4.68 Å². The van der Waals surface area contributed by atoms with Crippen LogP contribution in [0.5, 0.6) is 0 Å². The van der Waals surface area contributed by atoms with Crippen molar-refractivity contribution >= 4 is 30.8 Å². The Morgan fingerprint density at radius 1 is 1.29 bits per heavy atom. The van der Waals surface area contributed by atoms with Crippen LogP contribution >= 0.6 is 24.8 Å². The first-order valence-electron chi connectivity index (χ1n) is 6.01. The number of esters is 1. The molecule has 21 heavy (non-hydrogen) atoms. The van der Waals surface area contributed by atoms with Gasteiger partial charge < -0.3 is 10.5 Å². The Balaban J connectivity index is 0.00000200. The molecule has 1 aromatic heterocycles. The maximum Gasteiger partial charge on any atom is 0.322 e. The number of rotatable bonds is 4. The molecule has 116 valence electrons. The predicted molar refractivity (Wildman–Crippen MR) is 86.8 cm³/mol. The molecule has 5 nitrogen and oxygen atoms in total. The molecule has 0 spiro atoms. The Kier molecular flexibility index (Phi) is 8.02. The van der Waals surface area contributed by atoms with Crippen molar-refractivity contribution in [3.8, 4) is 11.1 Å². The number of ether oxygens (including phenoxy) is 1. The molecule has 2 rings (SSSR count). The van der Waals surface area contributed by atoms with E-state index in [1.165, 1.54) is 7.11 Å². The summed E-state index contributed by atoms with van der Waals surface area (Å²) < 4.78 is 6.37. The number of hydrogen-bond acceptors (Lipinski definition) is 4. The lowest BCUT2D eigenvalue weighted by molar-refractivity contribution is -0.142. The van der Waals surface area contributed by atoms with Crippen LogP contribution in [0.2, 0.25) is 0 Å². The highest BCUT2D eigenvalue weighted by atomic mass is 35.5. The Bertz CT molecular complexity index is 570. The van der Waals surface area contributed by atoms with E-state index >= 15 is 0 Å². The molecule has 1 aromatic carbocycles. The van der Waals surface area contributed by atoms with Crippen LogP contribution in [-0.4, -0.2) is 28.9 Å². The van der Waals surface area contributed by atoms with Crippen molar-refractivity contribution < 1.29 is 9.53 Å². The number of carbonyl (C=O) groups excluding carboxylic acids is 1. The van der Waals surface area contributed by atoms with Gasteiger partial charge in [-0.2, -0.15) is 5.10 Å². The van der Waals surface area contributed by atoms with Crippen LogP contribution in [-0.2, 0) is 23.0 Å². The number of carbonyl (C=O) groups is 1. The Labute approximate surface area is 136 Å². The zero-order valence-corrected chi connectivity index (χ0v) is 13.5. The molecule has 0 fully saturated rings. The predicted octanol–water partition coefficient (Wildman–Crippen LogP) is 1.97. The van der Waals surface area contributed by atoms with Crippen LogP contribution in [0, 0.1) is 0 Å². The summed E-state index contributed by atoms with van der Waals surface area (Å²) in [5.41, 5.74) is 8.88. The standard InChI is InChI=1S/C14H17N3O2.2ClH/c1-17-9-12(8-16-17)11-5-3-10(4-6-11)7-13(15)14(18)19-2;;/h3-6,8-9,13H,7,15H2,1-2H3;2*1H/t13-;;/m0../s1. The smallest absolute Gasteiger partial charge is 0.322 e. The second kappa shape index (κ2) is 8.67. The number of nitrogens with two attached hydrogens (primary N) is 1. The summed E-state index contributed by atoms with van der Waals surface area (Å²) in [5, 5.41) is 4.13. The average molecular weight is 332 g/mol. The molecular formula is C14H19Cl2N3O2. The minimum atomic E-state index is -0.616. The maximum atomic E-state index is 11.2. The quantitative estimate of drug-likeness (QED) is 0.869. The third-order valence-corrected chi connectivity index (χ3v) is 2.95. The molecule has 1 heterocycles. The molecule has 7 heteroatoms. The van der Waals surface area contributed by atoms with Gasteiger partial charge in [0.25, 0.3) is 0 Å². The third kappa shape index (κ3) is 5.04. The van der Waals surface area contributed by atoms with Crippen LogP contribution in [0.1, 0.15) is 5.56 Å². The van der Waals surface area contributed by atoms with E-state index in [-0.39, 0.29) is 24.8 Å². The second-order valence-corrected chi connectivity index (χ2v) is 4.43. The number of nitrogens with zero attached hydrogens (tertiary/aromatic N) is 2. The minimum Gasteiger partial charge on any atom is -0.468 e. The number of methoxy groups -OCH3 is 1. The Hall–Kier alpha value is -1.56. The zero-order valence-electron chi connectivity index (χ0n) is 11.9. The molecule has 0 saturated heterocycles. The van der Waals surface area contributed by atoms with Gasteiger partial charge in [0.15, 0.2) is 0 Å². The summed E-state index contributed by atoms with van der Waals surface area (Å²) in [4.78, 5) is 11.2. The Morgan fingerprint density at radius 2 is 1.90 bits per heavy atom. The monoisotopic (exact) mass is 331 g/mol. The highest BCUT2D eigenvalue weighted by molar-refractivity contribution is 5.85. The number of halogens is 2. The third-order valence-electron chi connectivity index (χ3n) is 2.95. The van der Waals surface area contributed by atoms with Gasteiger partial charge in [-0.3, -0.25) is 9.48 Å². The molecule has 0 saturated carbocycles. The topological polar surface area (TPSA) is 70.1 Å². The van der Waals surface area contributed by atoms with Crippen LogP contribution in [0.3, 0.4) is 0 Å². The van der Waals surface area contributed by atoms with Crippen molar-refractivity contribution in [2.45, 2.75) is 12.5 Å². The molecule has 0 aliphatic rings. The van der Waals surface area contributed by atoms with Crippen molar-refractivity contribution in [2.24, 2.45) is 12.8 Å². The SMILES string of the molecule is COC(=O)[C@@H](N)Cc1ccc(-c2cnn(C)c2)cc1.Cl.Cl. The van der Waals surface area contributed by atoms with Crippen molar-refractivity contribution in [2.75, 3.05) is 7.11 Å². The molecule has 0 unspecified atom stereocenters. The van der Waals surface area contributed by atoms with Gasteiger partial charge in [0.2, 0.25) is 0 Å². The van der Waals surface area contributed by atoms with Crippen LogP contribution in [0.25, 0.3) is 11.1 Å². The fourth-order valence-electron chi connectivity index (χ4n) is 1.89. The molecule has 0 bridgehead atoms. The molecular weight excluding hydrogens is 313 g/mol. The molecule has 0 amide bonds. The minimum absolute atomic E-state index is 0. The first kappa shape index (κ1) is 19.4. The summed E-state index contributed by atoms with van der Waals surface area (Å²) in [6.07, 6.45) is 4.24. The summed E-state index contributed by atoms with van der Waals surface area (Å²) in [6.45, 7) is 0. The lowest BCUT2D eigenvalue weighted by Gasteiger charge is -2.09. The van der Waals surface area contributed by atoms with E-state index in [1.807, 2.05) is 43.7 Å². The lowest BCUT2D eigenvalue weighted by Crippen LogP contribution is -2.33. The van der Waals surface area contributed by atoms with Crippen molar-refractivity contribution in [1.29, 1.82) is 0 Å². The van der Waals surface area contributed by atoms with Crippen molar-refractivity contribution in [3.63, 3.8) is 0 Å². The number of hydrogen-bond donors (Lipinski definition) is 1. The summed E-state index contributed by atoms with van der Waals surface area (Å²) >= 11 is 0. The van der Waals surface area contributed by atoms with Gasteiger partial charge in [-0.25, -0.2) is 0 Å². The largest absolute Gasteiger partial charge is 0.468 e. The van der Waals surface area contributed by atoms with E-state index in [9.17, 15) is 4.79 Å². The highest BCUT2D eigenvalue weighted by Gasteiger charge is 2.14. The van der Waals surface area contributed by atoms with Gasteiger partial charge in [0.05, 0.1) is 13.3 Å². The van der Waals surface area contributed by atoms with Gasteiger partial charge in [-0.05, 0) is 17.5 Å². The molecule has 1 atom stereocenters. The van der Waals surface area contributed by atoms with Gasteiger partial charge in [-0.15, -0.1) is 24.8 Å². The first-order chi connectivity index (χ1) is 9.10. The molecule has 2 aromatic rings. The molecule has 0 aliphatic carbocycles. The van der Waals surface area contributed by atoms with E-state index in [4.69, 9.17) is 5.73 Å². The van der Waals surface area contributed by atoms with Gasteiger partial charge in [-0.1, -0.05) is 24.3 Å². The van der Waals surface area contributed by atoms with E-state index < -0.39 is 12.0 Å². The second-order valence-electron chi connectivity index (χ2n) is 4.43. The highest BCUT2D eigenvalue weighted by Crippen LogP contribution is 2.19. The Morgan fingerprint density at radius 3 is 2.38 bits per heavy atom. The maximum absolute atomic E-state index is 11.2. The summed E-state index contributed by atoms with van der Waals surface area (Å²) in [6, 6.07) is 7.30. The van der Waals surface area contributed by atoms with Gasteiger partial charge in [0, 0.05) is 18.8 Å². The zero-order chi connectivity index (χ0) is 13.8. The fourth-order valence-corrected chi connectivity index (χ4v) is 1.89. The van der Waals surface area contributed by atoms with Crippen LogP contribution < -0.4 is 5.73 Å². The number of aromatic nitrogens is 2. The first-order valence-corrected chi connectivity index (χ1v) is 6.01. The number of benzene rings is 1. The molecule has 0 radical (unpaired) electrons. The molecule has 0 aliphatic heterocycles. The lowest BCUT2D eigenvalue weighted by atomic mass is 10.0. The van der Waals surface area contributed by atoms with Gasteiger partial charge >= 0.3 is 5.97 Å². The normalized spacial score (nSPS) is 11.0. The molecule has 2 N–H and O–H groups in total. The van der Waals surface area contributed by atoms with E-state index in [2.05, 4.69) is 9.84 Å². The summed E-state index contributed by atoms with van der Waals surface area (Å²) in [7, 11) is 3.22. The fraction of sp³-hybridized carbons (Fsp3) is 0.286. The van der Waals surface area contributed by atoms with Crippen molar-refractivity contribution in [3.05, 3.63) is 42.2 Å². The van der Waals surface area contributed by atoms with Crippen LogP contribution in [0.4, 0.5) is 0 Å². The van der Waals surface area contributed by atoms with Gasteiger partial charge in [0.1, 0.15) is 6.04 Å². The van der Waals surface area contributed by atoms with Crippen molar-refractivity contribution in [1.82, 2.24) is 9.78 Å². The van der Waals surface area contributed by atoms with Crippen LogP contribution in [0.15, 0.2) is 36.7 Å². The number of aryl methyl sites for hydroxylation is 1. The van der Waals surface area contributed by atoms with E-state index in [0.29, 0.717) is 6.42 Å².